The van der Waals surface area contributed by atoms with E-state index in [1.807, 2.05) is 6.20 Å². The number of nitrogens with zero attached hydrogens (tertiary/aromatic N) is 2. The van der Waals surface area contributed by atoms with Crippen molar-refractivity contribution < 1.29 is 0 Å². The molecule has 3 nitrogen and oxygen atoms in total. The Hall–Kier alpha value is -1.90. The molecule has 1 N–H and O–H groups in total. The molecule has 1 aromatic carbocycles. The summed E-state index contributed by atoms with van der Waals surface area (Å²) in [7, 11) is 0. The quantitative estimate of drug-likeness (QED) is 0.846. The first-order chi connectivity index (χ1) is 9.40. The van der Waals surface area contributed by atoms with Crippen molar-refractivity contribution in [3.63, 3.8) is 0 Å². The summed E-state index contributed by atoms with van der Waals surface area (Å²) in [4.78, 5) is 9.33. The maximum absolute atomic E-state index is 4.78. The number of aryl methyl sites for hydroxylation is 2. The molecular formula is C16H17N3. The van der Waals surface area contributed by atoms with E-state index < -0.39 is 0 Å². The van der Waals surface area contributed by atoms with Crippen LogP contribution in [0.15, 0.2) is 24.4 Å². The van der Waals surface area contributed by atoms with Gasteiger partial charge in [-0.3, -0.25) is 0 Å². The number of hydrogen-bond donors (Lipinski definition) is 1. The lowest BCUT2D eigenvalue weighted by Crippen LogP contribution is -2.07. The summed E-state index contributed by atoms with van der Waals surface area (Å²) in [6.45, 7) is 1.05. The van der Waals surface area contributed by atoms with Gasteiger partial charge in [0, 0.05) is 29.7 Å². The van der Waals surface area contributed by atoms with Gasteiger partial charge in [-0.1, -0.05) is 0 Å². The molecule has 0 unspecified atom stereocenters. The van der Waals surface area contributed by atoms with Gasteiger partial charge in [-0.05, 0) is 61.4 Å². The number of nitrogens with one attached hydrogen (secondary N) is 1. The van der Waals surface area contributed by atoms with Crippen LogP contribution in [0, 0.1) is 0 Å². The zero-order chi connectivity index (χ0) is 12.7. The summed E-state index contributed by atoms with van der Waals surface area (Å²) < 4.78 is 0. The fourth-order valence-corrected chi connectivity index (χ4v) is 3.06. The SMILES string of the molecule is c1cc2c(cc1-c1ncc3c(n1)CCCC3)CCN2. The smallest absolute Gasteiger partial charge is 0.159 e. The van der Waals surface area contributed by atoms with E-state index in [9.17, 15) is 0 Å². The highest BCUT2D eigenvalue weighted by Gasteiger charge is 2.15. The van der Waals surface area contributed by atoms with E-state index in [1.54, 1.807) is 0 Å². The van der Waals surface area contributed by atoms with Crippen molar-refractivity contribution in [1.29, 1.82) is 0 Å². The summed E-state index contributed by atoms with van der Waals surface area (Å²) in [5.41, 5.74) is 6.41. The predicted molar refractivity (Wildman–Crippen MR) is 76.3 cm³/mol. The minimum Gasteiger partial charge on any atom is -0.384 e. The van der Waals surface area contributed by atoms with E-state index in [0.717, 1.165) is 37.2 Å². The highest BCUT2D eigenvalue weighted by molar-refractivity contribution is 5.65. The highest BCUT2D eigenvalue weighted by Crippen LogP contribution is 2.28. The molecule has 1 aromatic heterocycles. The van der Waals surface area contributed by atoms with Gasteiger partial charge >= 0.3 is 0 Å². The van der Waals surface area contributed by atoms with Crippen LogP contribution in [0.4, 0.5) is 5.69 Å². The molecule has 0 fully saturated rings. The molecule has 2 heterocycles. The lowest BCUT2D eigenvalue weighted by atomic mass is 9.97. The molecule has 0 bridgehead atoms. The van der Waals surface area contributed by atoms with Crippen LogP contribution in [0.3, 0.4) is 0 Å². The zero-order valence-electron chi connectivity index (χ0n) is 10.9. The van der Waals surface area contributed by atoms with Gasteiger partial charge in [-0.2, -0.15) is 0 Å². The van der Waals surface area contributed by atoms with Crippen molar-refractivity contribution in [2.75, 3.05) is 11.9 Å². The minimum absolute atomic E-state index is 0.885. The van der Waals surface area contributed by atoms with E-state index in [2.05, 4.69) is 28.5 Å². The molecule has 2 aromatic rings. The van der Waals surface area contributed by atoms with Gasteiger partial charge in [-0.25, -0.2) is 9.97 Å². The second-order valence-corrected chi connectivity index (χ2v) is 5.42. The number of anilines is 1. The van der Waals surface area contributed by atoms with Crippen molar-refractivity contribution >= 4 is 5.69 Å². The summed E-state index contributed by atoms with van der Waals surface area (Å²) in [5, 5.41) is 3.39. The predicted octanol–water partition coefficient (Wildman–Crippen LogP) is 2.99. The highest BCUT2D eigenvalue weighted by atomic mass is 14.9. The van der Waals surface area contributed by atoms with Crippen molar-refractivity contribution in [3.05, 3.63) is 41.2 Å². The van der Waals surface area contributed by atoms with Gasteiger partial charge in [0.15, 0.2) is 5.82 Å². The molecule has 0 amide bonds. The number of fused-ring (bicyclic) bond motifs is 2. The van der Waals surface area contributed by atoms with E-state index >= 15 is 0 Å². The standard InChI is InChI=1S/C16H17N3/c1-2-4-15-13(3-1)10-18-16(19-15)12-5-6-14-11(9-12)7-8-17-14/h5-6,9-10,17H,1-4,7-8H2. The first-order valence-electron chi connectivity index (χ1n) is 7.12. The van der Waals surface area contributed by atoms with Gasteiger partial charge < -0.3 is 5.32 Å². The summed E-state index contributed by atoms with van der Waals surface area (Å²) in [5.74, 6) is 0.885. The van der Waals surface area contributed by atoms with E-state index in [4.69, 9.17) is 4.98 Å². The lowest BCUT2D eigenvalue weighted by molar-refractivity contribution is 0.663. The van der Waals surface area contributed by atoms with Crippen LogP contribution in [0.2, 0.25) is 0 Å². The van der Waals surface area contributed by atoms with Gasteiger partial charge in [-0.15, -0.1) is 0 Å². The van der Waals surface area contributed by atoms with E-state index in [0.29, 0.717) is 0 Å². The lowest BCUT2D eigenvalue weighted by Gasteiger charge is -2.14. The summed E-state index contributed by atoms with van der Waals surface area (Å²) in [6.07, 6.45) is 7.93. The van der Waals surface area contributed by atoms with Crippen molar-refractivity contribution in [2.45, 2.75) is 32.1 Å². The van der Waals surface area contributed by atoms with Crippen molar-refractivity contribution in [1.82, 2.24) is 9.97 Å². The number of aromatic nitrogens is 2. The van der Waals surface area contributed by atoms with E-state index in [1.165, 1.54) is 35.3 Å². The van der Waals surface area contributed by atoms with Crippen molar-refractivity contribution in [3.8, 4) is 11.4 Å². The van der Waals surface area contributed by atoms with E-state index in [-0.39, 0.29) is 0 Å². The third kappa shape index (κ3) is 1.89. The molecule has 4 rings (SSSR count). The Labute approximate surface area is 113 Å². The van der Waals surface area contributed by atoms with Gasteiger partial charge in [0.2, 0.25) is 0 Å². The van der Waals surface area contributed by atoms with Crippen LogP contribution in [0.25, 0.3) is 11.4 Å². The Bertz CT molecular complexity index is 634. The normalized spacial score (nSPS) is 16.6. The molecule has 0 atom stereocenters. The average Bonchev–Trinajstić information content (AvgIpc) is 2.94. The maximum Gasteiger partial charge on any atom is 0.159 e. The Morgan fingerprint density at radius 3 is 2.95 bits per heavy atom. The Balaban J connectivity index is 1.76. The molecule has 0 radical (unpaired) electrons. The number of hydrogen-bond acceptors (Lipinski definition) is 3. The molecule has 0 saturated heterocycles. The van der Waals surface area contributed by atoms with Crippen LogP contribution < -0.4 is 5.32 Å². The molecule has 1 aliphatic carbocycles. The molecule has 19 heavy (non-hydrogen) atoms. The zero-order valence-corrected chi connectivity index (χ0v) is 10.9. The molecule has 3 heteroatoms. The minimum atomic E-state index is 0.885. The fourth-order valence-electron chi connectivity index (χ4n) is 3.06. The van der Waals surface area contributed by atoms with Gasteiger partial charge in [0.1, 0.15) is 0 Å². The van der Waals surface area contributed by atoms with Gasteiger partial charge in [0.05, 0.1) is 0 Å². The molecule has 0 saturated carbocycles. The third-order valence-electron chi connectivity index (χ3n) is 4.14. The largest absolute Gasteiger partial charge is 0.384 e. The fraction of sp³-hybridized carbons (Fsp3) is 0.375. The molecular weight excluding hydrogens is 234 g/mol. The summed E-state index contributed by atoms with van der Waals surface area (Å²) in [6, 6.07) is 6.52. The number of benzene rings is 1. The molecule has 96 valence electrons. The monoisotopic (exact) mass is 251 g/mol. The molecule has 2 aliphatic rings. The Morgan fingerprint density at radius 2 is 1.95 bits per heavy atom. The summed E-state index contributed by atoms with van der Waals surface area (Å²) >= 11 is 0. The van der Waals surface area contributed by atoms with Gasteiger partial charge in [0.25, 0.3) is 0 Å². The second kappa shape index (κ2) is 4.34. The Morgan fingerprint density at radius 1 is 1.00 bits per heavy atom. The van der Waals surface area contributed by atoms with Crippen LogP contribution in [-0.4, -0.2) is 16.5 Å². The first-order valence-corrected chi connectivity index (χ1v) is 7.12. The molecule has 0 spiro atoms. The molecule has 1 aliphatic heterocycles. The van der Waals surface area contributed by atoms with Crippen molar-refractivity contribution in [2.24, 2.45) is 0 Å². The topological polar surface area (TPSA) is 37.8 Å². The number of rotatable bonds is 1. The van der Waals surface area contributed by atoms with Crippen LogP contribution >= 0.6 is 0 Å². The average molecular weight is 251 g/mol. The second-order valence-electron chi connectivity index (χ2n) is 5.42. The first kappa shape index (κ1) is 11.0. The Kier molecular flexibility index (Phi) is 2.50. The van der Waals surface area contributed by atoms with Crippen LogP contribution in [0.1, 0.15) is 29.7 Å². The maximum atomic E-state index is 4.78. The van der Waals surface area contributed by atoms with Crippen LogP contribution in [0.5, 0.6) is 0 Å². The van der Waals surface area contributed by atoms with Crippen LogP contribution in [-0.2, 0) is 19.3 Å². The third-order valence-corrected chi connectivity index (χ3v) is 4.14.